The van der Waals surface area contributed by atoms with Crippen molar-refractivity contribution in [3.05, 3.63) is 12.3 Å². The van der Waals surface area contributed by atoms with Crippen LogP contribution < -0.4 is 10.0 Å². The predicted molar refractivity (Wildman–Crippen MR) is 93.3 cm³/mol. The van der Waals surface area contributed by atoms with Crippen molar-refractivity contribution in [2.24, 2.45) is 0 Å². The quantitative estimate of drug-likeness (QED) is 0.785. The van der Waals surface area contributed by atoms with Crippen LogP contribution in [0.4, 0.5) is 5.82 Å². The molecule has 1 fully saturated rings. The van der Waals surface area contributed by atoms with Gasteiger partial charge in [0.2, 0.25) is 15.9 Å². The number of carbonyl (C=O) groups excluding carboxylic acids is 1. The number of nitrogens with zero attached hydrogens (tertiary/aromatic N) is 3. The van der Waals surface area contributed by atoms with Gasteiger partial charge in [-0.2, -0.15) is 5.10 Å². The van der Waals surface area contributed by atoms with E-state index in [9.17, 15) is 13.2 Å². The molecule has 1 aromatic heterocycles. The van der Waals surface area contributed by atoms with Gasteiger partial charge in [-0.1, -0.05) is 0 Å². The fourth-order valence-electron chi connectivity index (χ4n) is 2.98. The van der Waals surface area contributed by atoms with Gasteiger partial charge in [0.15, 0.2) is 0 Å². The largest absolute Gasteiger partial charge is 0.310 e. The molecule has 24 heavy (non-hydrogen) atoms. The second-order valence-electron chi connectivity index (χ2n) is 6.64. The van der Waals surface area contributed by atoms with Crippen molar-refractivity contribution >= 4 is 21.7 Å². The number of carbonyl (C=O) groups is 1. The minimum atomic E-state index is -3.24. The molecule has 0 aromatic carbocycles. The first-order valence-electron chi connectivity index (χ1n) is 8.23. The maximum absolute atomic E-state index is 12.5. The maximum atomic E-state index is 12.5. The van der Waals surface area contributed by atoms with Crippen molar-refractivity contribution in [2.45, 2.75) is 51.7 Å². The van der Waals surface area contributed by atoms with E-state index in [-0.39, 0.29) is 24.0 Å². The molecule has 1 aliphatic rings. The number of rotatable bonds is 6. The standard InChI is InChI=1S/C15H27N5O3S/c1-11(2)20-14(7-8-16-20)17-15(21)12(3)19-9-5-6-13(10-19)18-24(4,22)23/h7-8,11-13,18H,5-6,9-10H2,1-4H3,(H,17,21)/t12-,13+/m1/s1. The molecule has 2 rings (SSSR count). The molecule has 2 N–H and O–H groups in total. The van der Waals surface area contributed by atoms with Crippen molar-refractivity contribution in [1.29, 1.82) is 0 Å². The molecule has 9 heteroatoms. The van der Waals surface area contributed by atoms with Gasteiger partial charge >= 0.3 is 0 Å². The number of nitrogens with one attached hydrogen (secondary N) is 2. The highest BCUT2D eigenvalue weighted by molar-refractivity contribution is 7.88. The smallest absolute Gasteiger partial charge is 0.242 e. The number of aromatic nitrogens is 2. The summed E-state index contributed by atoms with van der Waals surface area (Å²) in [5.41, 5.74) is 0. The summed E-state index contributed by atoms with van der Waals surface area (Å²) in [6.45, 7) is 7.15. The van der Waals surface area contributed by atoms with Crippen LogP contribution in [0.3, 0.4) is 0 Å². The molecule has 1 saturated heterocycles. The van der Waals surface area contributed by atoms with Gasteiger partial charge in [-0.25, -0.2) is 17.8 Å². The van der Waals surface area contributed by atoms with Gasteiger partial charge in [0.05, 0.1) is 18.5 Å². The number of likely N-dealkylation sites (tertiary alicyclic amines) is 1. The van der Waals surface area contributed by atoms with Crippen LogP contribution in [0.2, 0.25) is 0 Å². The molecule has 1 aromatic rings. The molecule has 0 saturated carbocycles. The van der Waals surface area contributed by atoms with Crippen LogP contribution in [0, 0.1) is 0 Å². The first-order valence-corrected chi connectivity index (χ1v) is 10.1. The van der Waals surface area contributed by atoms with Crippen LogP contribution in [0.1, 0.15) is 39.7 Å². The highest BCUT2D eigenvalue weighted by Crippen LogP contribution is 2.17. The Hall–Kier alpha value is -1.45. The molecule has 1 amide bonds. The third-order valence-corrected chi connectivity index (χ3v) is 4.93. The van der Waals surface area contributed by atoms with E-state index in [2.05, 4.69) is 15.1 Å². The second kappa shape index (κ2) is 7.62. The minimum absolute atomic E-state index is 0.114. The molecular weight excluding hydrogens is 330 g/mol. The molecule has 0 radical (unpaired) electrons. The Morgan fingerprint density at radius 3 is 2.71 bits per heavy atom. The number of hydrogen-bond donors (Lipinski definition) is 2. The molecule has 8 nitrogen and oxygen atoms in total. The number of amides is 1. The highest BCUT2D eigenvalue weighted by atomic mass is 32.2. The van der Waals surface area contributed by atoms with Gasteiger partial charge in [0.25, 0.3) is 0 Å². The van der Waals surface area contributed by atoms with E-state index < -0.39 is 10.0 Å². The SMILES string of the molecule is CC(C)n1nccc1NC(=O)[C@@H](C)N1CCC[C@H](NS(C)(=O)=O)C1. The van der Waals surface area contributed by atoms with Gasteiger partial charge in [-0.3, -0.25) is 9.69 Å². The van der Waals surface area contributed by atoms with Gasteiger partial charge < -0.3 is 5.32 Å². The second-order valence-corrected chi connectivity index (χ2v) is 8.42. The van der Waals surface area contributed by atoms with Gasteiger partial charge in [0, 0.05) is 24.7 Å². The van der Waals surface area contributed by atoms with E-state index in [0.29, 0.717) is 12.4 Å². The molecule has 0 spiro atoms. The zero-order valence-electron chi connectivity index (χ0n) is 14.7. The Kier molecular flexibility index (Phi) is 6.00. The Balaban J connectivity index is 1.98. The van der Waals surface area contributed by atoms with E-state index in [1.807, 2.05) is 25.7 Å². The third kappa shape index (κ3) is 5.02. The molecule has 0 aliphatic carbocycles. The molecule has 0 bridgehead atoms. The van der Waals surface area contributed by atoms with E-state index in [0.717, 1.165) is 25.6 Å². The topological polar surface area (TPSA) is 96.3 Å². The summed E-state index contributed by atoms with van der Waals surface area (Å²) in [5.74, 6) is 0.557. The Bertz CT molecular complexity index is 670. The van der Waals surface area contributed by atoms with Gasteiger partial charge in [0.1, 0.15) is 5.82 Å². The Labute approximate surface area is 143 Å². The van der Waals surface area contributed by atoms with E-state index in [4.69, 9.17) is 0 Å². The van der Waals surface area contributed by atoms with E-state index in [1.165, 1.54) is 0 Å². The average molecular weight is 357 g/mol. The number of piperidine rings is 1. The van der Waals surface area contributed by atoms with Crippen molar-refractivity contribution in [1.82, 2.24) is 19.4 Å². The summed E-state index contributed by atoms with van der Waals surface area (Å²) in [5, 5.41) is 7.12. The number of anilines is 1. The lowest BCUT2D eigenvalue weighted by Crippen LogP contribution is -2.53. The summed E-state index contributed by atoms with van der Waals surface area (Å²) < 4.78 is 27.2. The van der Waals surface area contributed by atoms with E-state index in [1.54, 1.807) is 16.9 Å². The van der Waals surface area contributed by atoms with Gasteiger partial charge in [-0.15, -0.1) is 0 Å². The lowest BCUT2D eigenvalue weighted by atomic mass is 10.0. The molecule has 136 valence electrons. The molecular formula is C15H27N5O3S. The Morgan fingerprint density at radius 1 is 1.38 bits per heavy atom. The summed E-state index contributed by atoms with van der Waals surface area (Å²) in [6, 6.07) is 1.44. The molecule has 2 heterocycles. The normalized spacial score (nSPS) is 21.0. The molecule has 0 unspecified atom stereocenters. The summed E-state index contributed by atoms with van der Waals surface area (Å²) in [4.78, 5) is 14.6. The predicted octanol–water partition coefficient (Wildman–Crippen LogP) is 0.805. The lowest BCUT2D eigenvalue weighted by molar-refractivity contribution is -0.121. The number of sulfonamides is 1. The first-order chi connectivity index (χ1) is 11.2. The first kappa shape index (κ1) is 18.9. The third-order valence-electron chi connectivity index (χ3n) is 4.17. The van der Waals surface area contributed by atoms with Crippen LogP contribution in [0.25, 0.3) is 0 Å². The van der Waals surface area contributed by atoms with Crippen molar-refractivity contribution in [3.63, 3.8) is 0 Å². The zero-order chi connectivity index (χ0) is 17.9. The van der Waals surface area contributed by atoms with Crippen LogP contribution in [0.5, 0.6) is 0 Å². The van der Waals surface area contributed by atoms with Crippen LogP contribution in [0.15, 0.2) is 12.3 Å². The maximum Gasteiger partial charge on any atom is 0.242 e. The highest BCUT2D eigenvalue weighted by Gasteiger charge is 2.29. The van der Waals surface area contributed by atoms with E-state index >= 15 is 0 Å². The van der Waals surface area contributed by atoms with Crippen LogP contribution >= 0.6 is 0 Å². The monoisotopic (exact) mass is 357 g/mol. The van der Waals surface area contributed by atoms with Gasteiger partial charge in [-0.05, 0) is 40.2 Å². The molecule has 1 aliphatic heterocycles. The van der Waals surface area contributed by atoms with Crippen LogP contribution in [-0.2, 0) is 14.8 Å². The van der Waals surface area contributed by atoms with Crippen LogP contribution in [-0.4, -0.2) is 60.4 Å². The lowest BCUT2D eigenvalue weighted by Gasteiger charge is -2.36. The summed E-state index contributed by atoms with van der Waals surface area (Å²) in [6.07, 6.45) is 4.47. The molecule has 2 atom stereocenters. The fourth-order valence-corrected chi connectivity index (χ4v) is 3.78. The zero-order valence-corrected chi connectivity index (χ0v) is 15.5. The summed E-state index contributed by atoms with van der Waals surface area (Å²) in [7, 11) is -3.24. The number of hydrogen-bond acceptors (Lipinski definition) is 5. The average Bonchev–Trinajstić information content (AvgIpc) is 2.93. The Morgan fingerprint density at radius 2 is 2.08 bits per heavy atom. The van der Waals surface area contributed by atoms with Crippen molar-refractivity contribution in [3.8, 4) is 0 Å². The summed E-state index contributed by atoms with van der Waals surface area (Å²) >= 11 is 0. The van der Waals surface area contributed by atoms with Crippen molar-refractivity contribution in [2.75, 3.05) is 24.7 Å². The minimum Gasteiger partial charge on any atom is -0.310 e. The fraction of sp³-hybridized carbons (Fsp3) is 0.733. The van der Waals surface area contributed by atoms with Crippen molar-refractivity contribution < 1.29 is 13.2 Å².